The van der Waals surface area contributed by atoms with Gasteiger partial charge in [0.05, 0.1) is 13.7 Å². The molecule has 1 fully saturated rings. The molecule has 0 aliphatic carbocycles. The number of nitrogens with zero attached hydrogens (tertiary/aromatic N) is 3. The fourth-order valence-electron chi connectivity index (χ4n) is 4.85. The summed E-state index contributed by atoms with van der Waals surface area (Å²) in [6.07, 6.45) is 3.84. The maximum absolute atomic E-state index is 10.9. The first-order valence-electron chi connectivity index (χ1n) is 13.3. The number of aliphatic hydroxyl groups is 1. The minimum atomic E-state index is -1.24. The van der Waals surface area contributed by atoms with Crippen LogP contribution in [0.4, 0.5) is 16.6 Å². The Morgan fingerprint density at radius 3 is 2.84 bits per heavy atom. The van der Waals surface area contributed by atoms with Gasteiger partial charge in [0.15, 0.2) is 6.23 Å². The van der Waals surface area contributed by atoms with Crippen LogP contribution >= 0.6 is 0 Å². The molecule has 1 aliphatic rings. The number of hydrogen-bond donors (Lipinski definition) is 4. The summed E-state index contributed by atoms with van der Waals surface area (Å²) in [6.45, 7) is 6.13. The van der Waals surface area contributed by atoms with Crippen LogP contribution in [0.25, 0.3) is 0 Å². The minimum absolute atomic E-state index is 0.0849. The average molecular weight is 532 g/mol. The maximum atomic E-state index is 10.9. The number of aryl methyl sites for hydroxylation is 1. The molecule has 1 aliphatic heterocycles. The molecule has 2 atom stereocenters. The van der Waals surface area contributed by atoms with Gasteiger partial charge in [0.2, 0.25) is 5.95 Å². The van der Waals surface area contributed by atoms with E-state index in [0.717, 1.165) is 55.5 Å². The molecule has 0 bridgehead atoms. The van der Waals surface area contributed by atoms with E-state index < -0.39 is 6.16 Å². The molecule has 2 aromatic rings. The largest absolute Gasteiger partial charge is 0.507 e. The van der Waals surface area contributed by atoms with Crippen molar-refractivity contribution in [2.24, 2.45) is 0 Å². The third-order valence-corrected chi connectivity index (χ3v) is 6.71. The van der Waals surface area contributed by atoms with E-state index in [-0.39, 0.29) is 24.8 Å². The third kappa shape index (κ3) is 8.35. The molecule has 0 spiro atoms. The zero-order chi connectivity index (χ0) is 27.5. The fraction of sp³-hybridized carbons (Fsp3) is 0.593. The van der Waals surface area contributed by atoms with Crippen LogP contribution in [0.1, 0.15) is 62.3 Å². The first kappa shape index (κ1) is 29.2. The normalized spacial score (nSPS) is 16.3. The number of anilines is 2. The summed E-state index contributed by atoms with van der Waals surface area (Å²) in [7, 11) is 1.63. The molecule has 1 saturated heterocycles. The highest BCUT2D eigenvalue weighted by Gasteiger charge is 2.27. The van der Waals surface area contributed by atoms with Crippen LogP contribution in [-0.2, 0) is 11.2 Å². The predicted molar refractivity (Wildman–Crippen MR) is 145 cm³/mol. The second-order valence-corrected chi connectivity index (χ2v) is 9.51. The summed E-state index contributed by atoms with van der Waals surface area (Å²) < 4.78 is 16.6. The van der Waals surface area contributed by atoms with Crippen LogP contribution in [0.2, 0.25) is 0 Å². The highest BCUT2D eigenvalue weighted by molar-refractivity contribution is 5.57. The number of methoxy groups -OCH3 is 1. The Labute approximate surface area is 224 Å². The van der Waals surface area contributed by atoms with E-state index in [2.05, 4.69) is 22.2 Å². The zero-order valence-corrected chi connectivity index (χ0v) is 22.6. The van der Waals surface area contributed by atoms with Crippen molar-refractivity contribution in [1.82, 2.24) is 14.9 Å². The Morgan fingerprint density at radius 2 is 2.13 bits per heavy atom. The van der Waals surface area contributed by atoms with Gasteiger partial charge in [0.1, 0.15) is 17.3 Å². The SMILES string of the molecule is CCC[C@@H](CCO)Nc1nc(N)nc(C)c1Cc1ccc(OCCCN2CCC[C@H]2OC(=O)O)cc1OC. The van der Waals surface area contributed by atoms with E-state index in [9.17, 15) is 9.90 Å². The smallest absolute Gasteiger partial charge is 0.496 e. The number of likely N-dealkylation sites (tertiary alicyclic amines) is 1. The van der Waals surface area contributed by atoms with Crippen LogP contribution in [0.15, 0.2) is 18.2 Å². The molecular formula is C27H41N5O6. The van der Waals surface area contributed by atoms with Crippen LogP contribution in [-0.4, -0.2) is 76.9 Å². The lowest BCUT2D eigenvalue weighted by Crippen LogP contribution is -2.34. The van der Waals surface area contributed by atoms with Crippen molar-refractivity contribution < 1.29 is 29.2 Å². The highest BCUT2D eigenvalue weighted by atomic mass is 16.7. The van der Waals surface area contributed by atoms with Gasteiger partial charge in [-0.25, -0.2) is 9.78 Å². The molecular weight excluding hydrogens is 490 g/mol. The third-order valence-electron chi connectivity index (χ3n) is 6.71. The van der Waals surface area contributed by atoms with Crippen LogP contribution in [0, 0.1) is 6.92 Å². The van der Waals surface area contributed by atoms with Gasteiger partial charge >= 0.3 is 6.16 Å². The van der Waals surface area contributed by atoms with Crippen molar-refractivity contribution in [3.63, 3.8) is 0 Å². The Kier molecular flexibility index (Phi) is 11.2. The number of carbonyl (C=O) groups is 1. The molecule has 0 unspecified atom stereocenters. The van der Waals surface area contributed by atoms with Crippen LogP contribution < -0.4 is 20.5 Å². The Hall–Kier alpha value is -3.31. The van der Waals surface area contributed by atoms with Gasteiger partial charge in [0.25, 0.3) is 0 Å². The number of nitrogens with one attached hydrogen (secondary N) is 1. The van der Waals surface area contributed by atoms with Gasteiger partial charge in [0, 0.05) is 49.5 Å². The van der Waals surface area contributed by atoms with Crippen molar-refractivity contribution in [3.8, 4) is 11.5 Å². The lowest BCUT2D eigenvalue weighted by atomic mass is 10.0. The van der Waals surface area contributed by atoms with Gasteiger partial charge in [-0.2, -0.15) is 4.98 Å². The summed E-state index contributed by atoms with van der Waals surface area (Å²) in [5.41, 5.74) is 8.63. The van der Waals surface area contributed by atoms with E-state index >= 15 is 0 Å². The number of rotatable bonds is 15. The lowest BCUT2D eigenvalue weighted by molar-refractivity contribution is -0.0147. The average Bonchev–Trinajstić information content (AvgIpc) is 3.30. The molecule has 210 valence electrons. The van der Waals surface area contributed by atoms with Gasteiger partial charge in [-0.1, -0.05) is 19.4 Å². The van der Waals surface area contributed by atoms with Gasteiger partial charge in [-0.15, -0.1) is 0 Å². The summed E-state index contributed by atoms with van der Waals surface area (Å²) in [5, 5.41) is 21.8. The standard InChI is InChI=1S/C27H41N5O6/c1-4-7-20(11-14-33)30-25-22(18(2)29-26(28)31-25)16-19-9-10-21(17-23(19)36-3)37-15-6-13-32-12-5-8-24(32)38-27(34)35/h9-10,17,20,24,33H,4-8,11-16H2,1-3H3,(H,34,35)(H3,28,29,30,31)/t20-,24+/m0/s1. The summed E-state index contributed by atoms with van der Waals surface area (Å²) >= 11 is 0. The monoisotopic (exact) mass is 531 g/mol. The lowest BCUT2D eigenvalue weighted by Gasteiger charge is -2.23. The number of aliphatic hydroxyl groups excluding tert-OH is 1. The van der Waals surface area contributed by atoms with E-state index in [1.54, 1.807) is 7.11 Å². The van der Waals surface area contributed by atoms with Gasteiger partial charge < -0.3 is 35.5 Å². The number of carboxylic acid groups (broad SMARTS) is 1. The quantitative estimate of drug-likeness (QED) is 0.196. The topological polar surface area (TPSA) is 152 Å². The van der Waals surface area contributed by atoms with Gasteiger partial charge in [-0.05, 0) is 50.7 Å². The maximum Gasteiger partial charge on any atom is 0.507 e. The van der Waals surface area contributed by atoms with Crippen molar-refractivity contribution >= 4 is 17.9 Å². The molecule has 0 radical (unpaired) electrons. The van der Waals surface area contributed by atoms with E-state index in [1.807, 2.05) is 30.0 Å². The summed E-state index contributed by atoms with van der Waals surface area (Å²) in [6, 6.07) is 5.84. The summed E-state index contributed by atoms with van der Waals surface area (Å²) in [5.74, 6) is 2.27. The molecule has 11 nitrogen and oxygen atoms in total. The molecule has 38 heavy (non-hydrogen) atoms. The fourth-order valence-corrected chi connectivity index (χ4v) is 4.85. The van der Waals surface area contributed by atoms with E-state index in [0.29, 0.717) is 43.3 Å². The Balaban J connectivity index is 1.65. The van der Waals surface area contributed by atoms with Crippen molar-refractivity contribution in [2.75, 3.05) is 44.5 Å². The van der Waals surface area contributed by atoms with Crippen molar-refractivity contribution in [1.29, 1.82) is 0 Å². The minimum Gasteiger partial charge on any atom is -0.496 e. The second-order valence-electron chi connectivity index (χ2n) is 9.51. The first-order chi connectivity index (χ1) is 18.3. The Morgan fingerprint density at radius 1 is 1.32 bits per heavy atom. The van der Waals surface area contributed by atoms with E-state index in [4.69, 9.17) is 25.1 Å². The van der Waals surface area contributed by atoms with Crippen molar-refractivity contribution in [2.45, 2.75) is 71.1 Å². The number of nitrogen functional groups attached to an aromatic ring is 1. The predicted octanol–water partition coefficient (Wildman–Crippen LogP) is 3.82. The number of benzene rings is 1. The summed E-state index contributed by atoms with van der Waals surface area (Å²) in [4.78, 5) is 21.7. The Bertz CT molecular complexity index is 1050. The molecule has 0 saturated carbocycles. The molecule has 3 rings (SSSR count). The van der Waals surface area contributed by atoms with Crippen LogP contribution in [0.3, 0.4) is 0 Å². The number of ether oxygens (including phenoxy) is 3. The molecule has 1 aromatic carbocycles. The highest BCUT2D eigenvalue weighted by Crippen LogP contribution is 2.30. The number of hydrogen-bond acceptors (Lipinski definition) is 10. The van der Waals surface area contributed by atoms with Crippen molar-refractivity contribution in [3.05, 3.63) is 35.0 Å². The van der Waals surface area contributed by atoms with Crippen LogP contribution in [0.5, 0.6) is 11.5 Å². The molecule has 2 heterocycles. The van der Waals surface area contributed by atoms with E-state index in [1.165, 1.54) is 0 Å². The van der Waals surface area contributed by atoms with Gasteiger partial charge in [-0.3, -0.25) is 4.90 Å². The molecule has 5 N–H and O–H groups in total. The number of nitrogens with two attached hydrogens (primary N) is 1. The first-order valence-corrected chi connectivity index (χ1v) is 13.3. The second kappa shape index (κ2) is 14.6. The number of aromatic nitrogens is 2. The molecule has 0 amide bonds. The molecule has 11 heteroatoms. The zero-order valence-electron chi connectivity index (χ0n) is 22.6. The molecule has 1 aromatic heterocycles.